The van der Waals surface area contributed by atoms with Gasteiger partial charge in [0, 0.05) is 33.0 Å². The van der Waals surface area contributed by atoms with Gasteiger partial charge >= 0.3 is 0 Å². The van der Waals surface area contributed by atoms with Crippen molar-refractivity contribution >= 4 is 64.6 Å². The number of benzene rings is 10. The van der Waals surface area contributed by atoms with Gasteiger partial charge in [-0.15, -0.1) is 0 Å². The predicted octanol–water partition coefficient (Wildman–Crippen LogP) is 14.3. The van der Waals surface area contributed by atoms with Crippen LogP contribution in [0.4, 0.5) is 0 Å². The molecule has 0 spiro atoms. The molecule has 1 aliphatic heterocycles. The van der Waals surface area contributed by atoms with Gasteiger partial charge in [0.25, 0.3) is 0 Å². The fourth-order valence-corrected chi connectivity index (χ4v) is 9.40. The lowest BCUT2D eigenvalue weighted by Gasteiger charge is -2.28. The first-order valence-electron chi connectivity index (χ1n) is 21.0. The Morgan fingerprint density at radius 1 is 0.383 bits per heavy atom. The summed E-state index contributed by atoms with van der Waals surface area (Å²) in [5.74, 6) is 16.0. The van der Waals surface area contributed by atoms with Crippen molar-refractivity contribution in [2.24, 2.45) is 0 Å². The van der Waals surface area contributed by atoms with Crippen LogP contribution >= 0.6 is 0 Å². The van der Waals surface area contributed by atoms with E-state index in [1.54, 1.807) is 0 Å². The van der Waals surface area contributed by atoms with Gasteiger partial charge in [-0.3, -0.25) is 0 Å². The molecule has 288 valence electrons. The van der Waals surface area contributed by atoms with Gasteiger partial charge in [-0.25, -0.2) is 0 Å². The summed E-state index contributed by atoms with van der Waals surface area (Å²) >= 11 is 0. The molecular formula is C58H44O2. The van der Waals surface area contributed by atoms with E-state index < -0.39 is 0 Å². The first kappa shape index (κ1) is 36.1. The third-order valence-electron chi connectivity index (χ3n) is 12.4. The van der Waals surface area contributed by atoms with Crippen molar-refractivity contribution in [3.05, 3.63) is 167 Å². The molecule has 10 aromatic carbocycles. The van der Waals surface area contributed by atoms with E-state index >= 15 is 0 Å². The number of hydrogen-bond acceptors (Lipinski definition) is 2. The molecule has 0 saturated heterocycles. The highest BCUT2D eigenvalue weighted by Crippen LogP contribution is 2.55. The van der Waals surface area contributed by atoms with Gasteiger partial charge in [0.05, 0.1) is 11.1 Å². The van der Waals surface area contributed by atoms with E-state index in [4.69, 9.17) is 9.47 Å². The number of ether oxygens (including phenoxy) is 2. The molecule has 1 aliphatic rings. The van der Waals surface area contributed by atoms with E-state index in [0.29, 0.717) is 13.2 Å². The maximum atomic E-state index is 6.97. The lowest BCUT2D eigenvalue weighted by atomic mass is 9.79. The lowest BCUT2D eigenvalue weighted by Crippen LogP contribution is -2.15. The van der Waals surface area contributed by atoms with Gasteiger partial charge in [0.15, 0.2) is 0 Å². The van der Waals surface area contributed by atoms with Crippen LogP contribution in [-0.2, 0) is 10.8 Å². The second kappa shape index (κ2) is 13.3. The van der Waals surface area contributed by atoms with E-state index in [-0.39, 0.29) is 10.8 Å². The van der Waals surface area contributed by atoms with E-state index in [1.165, 1.54) is 54.2 Å². The summed E-state index contributed by atoms with van der Waals surface area (Å²) in [6.45, 7) is 14.4. The fraction of sp³-hybridized carbons (Fsp3) is 0.172. The monoisotopic (exact) mass is 772 g/mol. The second-order valence-corrected chi connectivity index (χ2v) is 18.4. The number of rotatable bonds is 0. The maximum absolute atomic E-state index is 6.97. The smallest absolute Gasteiger partial charge is 0.144 e. The molecule has 0 atom stereocenters. The Hall–Kier alpha value is -7.00. The molecule has 0 N–H and O–H groups in total. The van der Waals surface area contributed by atoms with E-state index in [9.17, 15) is 0 Å². The summed E-state index contributed by atoms with van der Waals surface area (Å²) in [7, 11) is 0. The van der Waals surface area contributed by atoms with Gasteiger partial charge in [-0.2, -0.15) is 0 Å². The van der Waals surface area contributed by atoms with Crippen molar-refractivity contribution in [1.29, 1.82) is 0 Å². The predicted molar refractivity (Wildman–Crippen MR) is 253 cm³/mol. The SMILES string of the molecule is CC(C)(C)c1cc2ccc3c(C#Cc4ccccc4)c4c(c5ccc(c1)c2c35)-c1c(c(C#Cc2ccccc2)c2ccc3cc(C(C)(C)C)cc5ccc1c2c35)OCCO4. The first-order chi connectivity index (χ1) is 29.0. The van der Waals surface area contributed by atoms with Crippen LogP contribution < -0.4 is 9.47 Å². The van der Waals surface area contributed by atoms with Gasteiger partial charge < -0.3 is 9.47 Å². The quantitative estimate of drug-likeness (QED) is 0.113. The summed E-state index contributed by atoms with van der Waals surface area (Å²) in [6.07, 6.45) is 0. The van der Waals surface area contributed by atoms with Crippen LogP contribution in [-0.4, -0.2) is 13.2 Å². The average Bonchev–Trinajstić information content (AvgIpc) is 3.24. The molecule has 11 rings (SSSR count). The third-order valence-corrected chi connectivity index (χ3v) is 12.4. The highest BCUT2D eigenvalue weighted by atomic mass is 16.5. The normalized spacial score (nSPS) is 13.0. The van der Waals surface area contributed by atoms with Crippen molar-refractivity contribution < 1.29 is 9.47 Å². The number of hydrogen-bond donors (Lipinski definition) is 0. The lowest BCUT2D eigenvalue weighted by molar-refractivity contribution is 0.214. The molecule has 0 amide bonds. The van der Waals surface area contributed by atoms with Gasteiger partial charge in [0.2, 0.25) is 0 Å². The summed E-state index contributed by atoms with van der Waals surface area (Å²) in [4.78, 5) is 0. The van der Waals surface area contributed by atoms with Crippen molar-refractivity contribution in [2.75, 3.05) is 13.2 Å². The van der Waals surface area contributed by atoms with E-state index in [0.717, 1.165) is 66.4 Å². The van der Waals surface area contributed by atoms with Crippen molar-refractivity contribution in [3.63, 3.8) is 0 Å². The van der Waals surface area contributed by atoms with Gasteiger partial charge in [-0.1, -0.05) is 174 Å². The Bertz CT molecular complexity index is 3210. The second-order valence-electron chi connectivity index (χ2n) is 18.4. The summed E-state index contributed by atoms with van der Waals surface area (Å²) in [5, 5.41) is 14.2. The largest absolute Gasteiger partial charge is 0.488 e. The number of fused-ring (bicyclic) bond motifs is 5. The molecule has 0 aliphatic carbocycles. The van der Waals surface area contributed by atoms with Gasteiger partial charge in [-0.05, 0) is 100 Å². The molecule has 0 aromatic heterocycles. The molecule has 1 heterocycles. The topological polar surface area (TPSA) is 18.5 Å². The molecular weight excluding hydrogens is 729 g/mol. The standard InChI is InChI=1S/C58H44O2/c1-57(2,3)41-31-37-19-25-43-45(23-17-35-13-9-7-10-14-35)55-53(47-27-21-39(33-41)49(37)51(43)47)54-48-28-22-40-34-42(58(4,5)6)32-38-20-26-44(52(48)50(38)40)46(56(54)60-30-29-59-55)24-18-36-15-11-8-12-16-36/h7-16,19-22,25-28,31-34H,29-30H2,1-6H3. The summed E-state index contributed by atoms with van der Waals surface area (Å²) in [6, 6.07) is 48.3. The summed E-state index contributed by atoms with van der Waals surface area (Å²) < 4.78 is 13.9. The van der Waals surface area contributed by atoms with Crippen LogP contribution in [0.25, 0.3) is 75.8 Å². The van der Waals surface area contributed by atoms with Crippen molar-refractivity contribution in [2.45, 2.75) is 52.4 Å². The average molecular weight is 773 g/mol. The minimum absolute atomic E-state index is 0.00126. The highest BCUT2D eigenvalue weighted by Gasteiger charge is 2.31. The molecule has 0 saturated carbocycles. The Balaban J connectivity index is 1.34. The van der Waals surface area contributed by atoms with Crippen LogP contribution in [0, 0.1) is 23.7 Å². The third kappa shape index (κ3) is 5.67. The Morgan fingerprint density at radius 2 is 0.733 bits per heavy atom. The minimum Gasteiger partial charge on any atom is -0.488 e. The van der Waals surface area contributed by atoms with Gasteiger partial charge in [0.1, 0.15) is 24.7 Å². The van der Waals surface area contributed by atoms with Crippen LogP contribution in [0.1, 0.15) is 74.9 Å². The van der Waals surface area contributed by atoms with Crippen molar-refractivity contribution in [1.82, 2.24) is 0 Å². The van der Waals surface area contributed by atoms with Crippen LogP contribution in [0.3, 0.4) is 0 Å². The van der Waals surface area contributed by atoms with E-state index in [2.05, 4.69) is 162 Å². The molecule has 10 aromatic rings. The summed E-state index contributed by atoms with van der Waals surface area (Å²) in [5.41, 5.74) is 8.32. The fourth-order valence-electron chi connectivity index (χ4n) is 9.40. The molecule has 0 unspecified atom stereocenters. The highest BCUT2D eigenvalue weighted by molar-refractivity contribution is 6.32. The molecule has 2 nitrogen and oxygen atoms in total. The van der Waals surface area contributed by atoms with Crippen LogP contribution in [0.2, 0.25) is 0 Å². The molecule has 2 heteroatoms. The zero-order valence-electron chi connectivity index (χ0n) is 34.9. The zero-order valence-corrected chi connectivity index (χ0v) is 34.9. The Labute approximate surface area is 351 Å². The minimum atomic E-state index is -0.00126. The van der Waals surface area contributed by atoms with E-state index in [1.807, 2.05) is 36.4 Å². The molecule has 0 fully saturated rings. The van der Waals surface area contributed by atoms with Crippen molar-refractivity contribution in [3.8, 4) is 46.3 Å². The Kier molecular flexibility index (Phi) is 7.98. The Morgan fingerprint density at radius 3 is 1.08 bits per heavy atom. The molecule has 60 heavy (non-hydrogen) atoms. The maximum Gasteiger partial charge on any atom is 0.144 e. The zero-order chi connectivity index (χ0) is 40.9. The first-order valence-corrected chi connectivity index (χ1v) is 21.0. The van der Waals surface area contributed by atoms with Crippen LogP contribution in [0.5, 0.6) is 11.5 Å². The molecule has 0 bridgehead atoms. The van der Waals surface area contributed by atoms with Crippen LogP contribution in [0.15, 0.2) is 133 Å². The molecule has 0 radical (unpaired) electrons.